The molecule has 1 aromatic rings. The molecule has 0 aliphatic carbocycles. The molecule has 2 nitrogen and oxygen atoms in total. The van der Waals surface area contributed by atoms with E-state index in [0.717, 1.165) is 0 Å². The zero-order valence-electron chi connectivity index (χ0n) is 6.16. The first kappa shape index (κ1) is 10.8. The summed E-state index contributed by atoms with van der Waals surface area (Å²) in [5, 5.41) is 9.15. The maximum absolute atomic E-state index is 10.2. The molecule has 0 heterocycles. The number of aromatic hydroxyl groups is 1. The quantitative estimate of drug-likeness (QED) is 0.576. The molecule has 0 fully saturated rings. The van der Waals surface area contributed by atoms with Crippen LogP contribution in [0.4, 0.5) is 0 Å². The van der Waals surface area contributed by atoms with Crippen LogP contribution in [0.15, 0.2) is 12.1 Å². The first-order valence-electron chi connectivity index (χ1n) is 2.90. The summed E-state index contributed by atoms with van der Waals surface area (Å²) in [4.78, 5) is 10.2. The molecular weight excluding hydrogens is 217 g/mol. The molecule has 0 radical (unpaired) electrons. The number of rotatable bonds is 1. The molecule has 1 N–H and O–H groups in total. The van der Waals surface area contributed by atoms with Gasteiger partial charge in [-0.05, 0) is 0 Å². The molecule has 3 heteroatoms. The summed E-state index contributed by atoms with van der Waals surface area (Å²) < 4.78 is 0. The van der Waals surface area contributed by atoms with Crippen molar-refractivity contribution in [2.24, 2.45) is 0 Å². The van der Waals surface area contributed by atoms with Crippen LogP contribution < -0.4 is 0 Å². The van der Waals surface area contributed by atoms with E-state index in [4.69, 9.17) is 5.11 Å². The van der Waals surface area contributed by atoms with Crippen LogP contribution in [-0.4, -0.2) is 11.4 Å². The van der Waals surface area contributed by atoms with Gasteiger partial charge < -0.3 is 9.90 Å². The van der Waals surface area contributed by atoms with Crippen LogP contribution in [0.5, 0.6) is 5.75 Å². The third-order valence-corrected chi connectivity index (χ3v) is 1.31. The number of aryl methyl sites for hydroxylation is 1. The Kier molecular flexibility index (Phi) is 4.54. The summed E-state index contributed by atoms with van der Waals surface area (Å²) in [5.41, 5.74) is 0.963. The van der Waals surface area contributed by atoms with E-state index in [1.807, 2.05) is 0 Å². The molecule has 1 rings (SSSR count). The number of carbonyl (C=O) groups excluding carboxylic acids is 1. The maximum Gasteiger partial charge on any atom is 3.00 e. The van der Waals surface area contributed by atoms with Crippen LogP contribution in [0.1, 0.15) is 15.9 Å². The van der Waals surface area contributed by atoms with E-state index in [2.05, 4.69) is 6.07 Å². The van der Waals surface area contributed by atoms with Crippen LogP contribution in [-0.2, 0) is 32.7 Å². The van der Waals surface area contributed by atoms with Gasteiger partial charge in [-0.25, -0.2) is 0 Å². The monoisotopic (exact) mass is 224 g/mol. The molecule has 0 saturated heterocycles. The molecule has 0 aliphatic heterocycles. The van der Waals surface area contributed by atoms with E-state index >= 15 is 0 Å². The van der Waals surface area contributed by atoms with Gasteiger partial charge in [0.25, 0.3) is 0 Å². The van der Waals surface area contributed by atoms with Gasteiger partial charge in [-0.15, -0.1) is 5.56 Å². The Balaban J connectivity index is 0.000001000. The van der Waals surface area contributed by atoms with Crippen molar-refractivity contribution in [1.29, 1.82) is 0 Å². The number of hydrogen-bond acceptors (Lipinski definition) is 2. The third-order valence-electron chi connectivity index (χ3n) is 1.31. The van der Waals surface area contributed by atoms with E-state index in [-0.39, 0.29) is 38.5 Å². The fourth-order valence-electron chi connectivity index (χ4n) is 0.711. The van der Waals surface area contributed by atoms with Gasteiger partial charge in [-0.1, -0.05) is 12.5 Å². The Labute approximate surface area is 90.5 Å². The Morgan fingerprint density at radius 2 is 2.18 bits per heavy atom. The van der Waals surface area contributed by atoms with Gasteiger partial charge in [0, 0.05) is 5.75 Å². The molecule has 0 spiro atoms. The minimum Gasteiger partial charge on any atom is -0.533 e. The zero-order chi connectivity index (χ0) is 7.56. The predicted molar refractivity (Wildman–Crippen MR) is 37.1 cm³/mol. The van der Waals surface area contributed by atoms with E-state index < -0.39 is 0 Å². The number of carbonyl (C=O) groups is 1. The molecule has 11 heavy (non-hydrogen) atoms. The normalized spacial score (nSPS) is 8.45. The van der Waals surface area contributed by atoms with Crippen molar-refractivity contribution in [3.05, 3.63) is 29.3 Å². The minimum absolute atomic E-state index is 0. The van der Waals surface area contributed by atoms with Gasteiger partial charge in [0.15, 0.2) is 0 Å². The van der Waals surface area contributed by atoms with Crippen molar-refractivity contribution in [3.8, 4) is 5.75 Å². The van der Waals surface area contributed by atoms with E-state index in [1.54, 1.807) is 13.0 Å². The van der Waals surface area contributed by atoms with Crippen LogP contribution >= 0.6 is 0 Å². The maximum atomic E-state index is 10.2. The van der Waals surface area contributed by atoms with Gasteiger partial charge >= 0.3 is 32.7 Å². The van der Waals surface area contributed by atoms with Crippen molar-refractivity contribution in [3.63, 3.8) is 0 Å². The Morgan fingerprint density at radius 3 is 2.64 bits per heavy atom. The second kappa shape index (κ2) is 4.63. The number of hydrogen-bond donors (Lipinski definition) is 1. The molecule has 0 unspecified atom stereocenters. The predicted octanol–water partition coefficient (Wildman–Crippen LogP) is 1.31. The second-order valence-electron chi connectivity index (χ2n) is 2.06. The van der Waals surface area contributed by atoms with Crippen molar-refractivity contribution >= 4 is 6.29 Å². The van der Waals surface area contributed by atoms with Crippen LogP contribution in [0.3, 0.4) is 0 Å². The smallest absolute Gasteiger partial charge is 0.533 e. The summed E-state index contributed by atoms with van der Waals surface area (Å²) in [6, 6.07) is 5.81. The van der Waals surface area contributed by atoms with Crippen LogP contribution in [0, 0.1) is 13.0 Å². The average molecular weight is 224 g/mol. The summed E-state index contributed by atoms with van der Waals surface area (Å²) in [6.07, 6.45) is 0.610. The van der Waals surface area contributed by atoms with Crippen molar-refractivity contribution in [2.75, 3.05) is 0 Å². The van der Waals surface area contributed by atoms with Crippen LogP contribution in [0.2, 0.25) is 0 Å². The standard InChI is InChI=1S/C8H7O2.Y/c1-6-3-2-4-7(5-9)8(6)10;/h3-5,10H,1H3;/q-1;+3. The SMILES string of the molecule is Cc1c[c-]cc(C=O)c1O.[Y+3]. The second-order valence-corrected chi connectivity index (χ2v) is 2.06. The summed E-state index contributed by atoms with van der Waals surface area (Å²) >= 11 is 0. The average Bonchev–Trinajstić information content (AvgIpc) is 1.95. The number of phenols is 1. The van der Waals surface area contributed by atoms with Gasteiger partial charge in [0.05, 0.1) is 6.29 Å². The van der Waals surface area contributed by atoms with Gasteiger partial charge in [0.2, 0.25) is 0 Å². The molecule has 0 amide bonds. The molecule has 52 valence electrons. The zero-order valence-corrected chi connectivity index (χ0v) is 9.00. The molecule has 0 aromatic heterocycles. The molecule has 0 atom stereocenters. The molecule has 0 saturated carbocycles. The summed E-state index contributed by atoms with van der Waals surface area (Å²) in [7, 11) is 0. The Morgan fingerprint density at radius 1 is 1.55 bits per heavy atom. The number of aldehydes is 1. The van der Waals surface area contributed by atoms with E-state index in [9.17, 15) is 4.79 Å². The fourth-order valence-corrected chi connectivity index (χ4v) is 0.711. The van der Waals surface area contributed by atoms with Gasteiger partial charge in [0.1, 0.15) is 0 Å². The molecule has 0 aliphatic rings. The molecule has 1 aromatic carbocycles. The first-order chi connectivity index (χ1) is 4.75. The third kappa shape index (κ3) is 2.38. The topological polar surface area (TPSA) is 37.3 Å². The van der Waals surface area contributed by atoms with Crippen molar-refractivity contribution in [1.82, 2.24) is 0 Å². The Hall–Kier alpha value is -0.206. The molecule has 0 bridgehead atoms. The minimum atomic E-state index is 0. The van der Waals surface area contributed by atoms with E-state index in [0.29, 0.717) is 17.4 Å². The number of benzene rings is 1. The van der Waals surface area contributed by atoms with Gasteiger partial charge in [-0.3, -0.25) is 0 Å². The van der Waals surface area contributed by atoms with Gasteiger partial charge in [-0.2, -0.15) is 18.2 Å². The van der Waals surface area contributed by atoms with E-state index in [1.165, 1.54) is 6.07 Å². The van der Waals surface area contributed by atoms with Crippen molar-refractivity contribution < 1.29 is 42.6 Å². The number of phenolic OH excluding ortho intramolecular Hbond substituents is 1. The molecular formula is C8H7O2Y+2. The Bertz CT molecular complexity index is 258. The van der Waals surface area contributed by atoms with Crippen molar-refractivity contribution in [2.45, 2.75) is 6.92 Å². The first-order valence-corrected chi connectivity index (χ1v) is 2.90. The fraction of sp³-hybridized carbons (Fsp3) is 0.125. The summed E-state index contributed by atoms with van der Waals surface area (Å²) in [6.45, 7) is 1.72. The summed E-state index contributed by atoms with van der Waals surface area (Å²) in [5.74, 6) is 0.0498. The largest absolute Gasteiger partial charge is 3.00 e. The van der Waals surface area contributed by atoms with Crippen LogP contribution in [0.25, 0.3) is 0 Å².